The quantitative estimate of drug-likeness (QED) is 0.386. The van der Waals surface area contributed by atoms with Crippen LogP contribution in [0.25, 0.3) is 0 Å². The van der Waals surface area contributed by atoms with E-state index in [-0.39, 0.29) is 6.10 Å². The molecule has 1 unspecified atom stereocenters. The van der Waals surface area contributed by atoms with Crippen LogP contribution >= 0.6 is 0 Å². The van der Waals surface area contributed by atoms with Gasteiger partial charge in [0.25, 0.3) is 0 Å². The van der Waals surface area contributed by atoms with Crippen molar-refractivity contribution in [3.63, 3.8) is 0 Å². The van der Waals surface area contributed by atoms with E-state index in [1.54, 1.807) is 0 Å². The van der Waals surface area contributed by atoms with Crippen molar-refractivity contribution >= 4 is 10.9 Å². The fraction of sp³-hybridized carbons (Fsp3) is 1.00. The maximum absolute atomic E-state index is 9.96. The van der Waals surface area contributed by atoms with Gasteiger partial charge in [-0.1, -0.05) is 58.3 Å². The predicted octanol–water partition coefficient (Wildman–Crippen LogP) is 4.54. The molecule has 0 spiro atoms. The Labute approximate surface area is 118 Å². The highest BCUT2D eigenvalue weighted by atomic mass is 32.2. The number of unbranched alkanes of at least 4 members (excludes halogenated alkanes) is 7. The third-order valence-corrected chi connectivity index (χ3v) is 6.12. The van der Waals surface area contributed by atoms with Gasteiger partial charge in [0.2, 0.25) is 0 Å². The van der Waals surface area contributed by atoms with E-state index in [1.807, 2.05) is 0 Å². The lowest BCUT2D eigenvalue weighted by atomic mass is 10.1. The molecule has 0 amide bonds. The summed E-state index contributed by atoms with van der Waals surface area (Å²) >= 11 is 0. The van der Waals surface area contributed by atoms with Gasteiger partial charge in [0.05, 0.1) is 6.10 Å². The van der Waals surface area contributed by atoms with Crippen LogP contribution in [0, 0.1) is 0 Å². The van der Waals surface area contributed by atoms with E-state index in [0.717, 1.165) is 12.2 Å². The van der Waals surface area contributed by atoms with Gasteiger partial charge in [0.1, 0.15) is 17.3 Å². The number of aliphatic hydroxyl groups excluding tert-OH is 1. The molecule has 0 radical (unpaired) electrons. The molecule has 110 valence electrons. The largest absolute Gasteiger partial charge is 0.388 e. The SMILES string of the molecule is CCCCCCCCCCC(O)C[S+](CC)CC. The van der Waals surface area contributed by atoms with Crippen LogP contribution in [-0.2, 0) is 10.9 Å². The molecule has 1 atom stereocenters. The van der Waals surface area contributed by atoms with Crippen molar-refractivity contribution in [1.82, 2.24) is 0 Å². The number of rotatable bonds is 13. The van der Waals surface area contributed by atoms with Gasteiger partial charge < -0.3 is 5.11 Å². The summed E-state index contributed by atoms with van der Waals surface area (Å²) in [5.74, 6) is 3.53. The lowest BCUT2D eigenvalue weighted by Crippen LogP contribution is -2.24. The normalized spacial score (nSPS) is 13.2. The molecule has 0 bridgehead atoms. The Morgan fingerprint density at radius 3 is 1.78 bits per heavy atom. The van der Waals surface area contributed by atoms with E-state index in [2.05, 4.69) is 20.8 Å². The predicted molar refractivity (Wildman–Crippen MR) is 86.5 cm³/mol. The Balaban J connectivity index is 3.27. The Kier molecular flexibility index (Phi) is 14.0. The van der Waals surface area contributed by atoms with Gasteiger partial charge in [-0.05, 0) is 31.2 Å². The summed E-state index contributed by atoms with van der Waals surface area (Å²) in [7, 11) is 0.469. The van der Waals surface area contributed by atoms with Crippen molar-refractivity contribution in [2.45, 2.75) is 84.7 Å². The summed E-state index contributed by atoms with van der Waals surface area (Å²) in [4.78, 5) is 0. The maximum Gasteiger partial charge on any atom is 0.133 e. The minimum atomic E-state index is -0.0340. The van der Waals surface area contributed by atoms with E-state index in [4.69, 9.17) is 0 Å². The van der Waals surface area contributed by atoms with Crippen LogP contribution < -0.4 is 0 Å². The van der Waals surface area contributed by atoms with Crippen LogP contribution in [0.3, 0.4) is 0 Å². The zero-order chi connectivity index (χ0) is 13.6. The van der Waals surface area contributed by atoms with Crippen LogP contribution in [0.5, 0.6) is 0 Å². The number of hydrogen-bond donors (Lipinski definition) is 1. The van der Waals surface area contributed by atoms with E-state index >= 15 is 0 Å². The molecule has 0 saturated heterocycles. The Hall–Kier alpha value is 0.310. The van der Waals surface area contributed by atoms with Gasteiger partial charge in [-0.15, -0.1) is 0 Å². The zero-order valence-corrected chi connectivity index (χ0v) is 13.7. The topological polar surface area (TPSA) is 20.2 Å². The molecular weight excluding hydrogens is 240 g/mol. The first-order chi connectivity index (χ1) is 8.74. The van der Waals surface area contributed by atoms with Gasteiger partial charge in [-0.2, -0.15) is 0 Å². The van der Waals surface area contributed by atoms with Gasteiger partial charge in [-0.25, -0.2) is 0 Å². The van der Waals surface area contributed by atoms with Gasteiger partial charge in [-0.3, -0.25) is 0 Å². The molecule has 0 saturated carbocycles. The average Bonchev–Trinajstić information content (AvgIpc) is 2.39. The van der Waals surface area contributed by atoms with Gasteiger partial charge in [0, 0.05) is 0 Å². The van der Waals surface area contributed by atoms with Crippen molar-refractivity contribution in [1.29, 1.82) is 0 Å². The summed E-state index contributed by atoms with van der Waals surface area (Å²) in [6, 6.07) is 0. The molecule has 0 rings (SSSR count). The molecule has 2 heteroatoms. The van der Waals surface area contributed by atoms with Crippen LogP contribution in [-0.4, -0.2) is 28.5 Å². The molecule has 1 nitrogen and oxygen atoms in total. The molecule has 0 aromatic rings. The van der Waals surface area contributed by atoms with Crippen LogP contribution in [0.1, 0.15) is 78.6 Å². The van der Waals surface area contributed by atoms with Crippen molar-refractivity contribution in [3.05, 3.63) is 0 Å². The van der Waals surface area contributed by atoms with Gasteiger partial charge in [0.15, 0.2) is 0 Å². The summed E-state index contributed by atoms with van der Waals surface area (Å²) in [5, 5.41) is 9.96. The first kappa shape index (κ1) is 18.3. The second-order valence-electron chi connectivity index (χ2n) is 5.27. The highest BCUT2D eigenvalue weighted by Crippen LogP contribution is 2.12. The van der Waals surface area contributed by atoms with Gasteiger partial charge >= 0.3 is 0 Å². The highest BCUT2D eigenvalue weighted by molar-refractivity contribution is 7.96. The van der Waals surface area contributed by atoms with Crippen LogP contribution in [0.4, 0.5) is 0 Å². The summed E-state index contributed by atoms with van der Waals surface area (Å²) in [5.41, 5.74) is 0. The molecule has 0 aliphatic carbocycles. The first-order valence-corrected chi connectivity index (χ1v) is 9.79. The molecule has 18 heavy (non-hydrogen) atoms. The molecule has 0 heterocycles. The Morgan fingerprint density at radius 2 is 1.28 bits per heavy atom. The summed E-state index contributed by atoms with van der Waals surface area (Å²) < 4.78 is 0. The second kappa shape index (κ2) is 13.7. The minimum absolute atomic E-state index is 0.0340. The number of aliphatic hydroxyl groups is 1. The lowest BCUT2D eigenvalue weighted by molar-refractivity contribution is 0.184. The van der Waals surface area contributed by atoms with Crippen LogP contribution in [0.2, 0.25) is 0 Å². The third-order valence-electron chi connectivity index (χ3n) is 3.64. The molecule has 0 aromatic heterocycles. The second-order valence-corrected chi connectivity index (χ2v) is 7.99. The smallest absolute Gasteiger partial charge is 0.133 e. The molecular formula is C16H35OS+. The van der Waals surface area contributed by atoms with E-state index in [9.17, 15) is 5.11 Å². The van der Waals surface area contributed by atoms with E-state index in [1.165, 1.54) is 62.9 Å². The lowest BCUT2D eigenvalue weighted by Gasteiger charge is -2.10. The first-order valence-electron chi connectivity index (χ1n) is 8.06. The van der Waals surface area contributed by atoms with Crippen molar-refractivity contribution in [2.24, 2.45) is 0 Å². The Morgan fingerprint density at radius 1 is 0.778 bits per heavy atom. The third kappa shape index (κ3) is 11.4. The van der Waals surface area contributed by atoms with Crippen molar-refractivity contribution < 1.29 is 5.11 Å². The monoisotopic (exact) mass is 275 g/mol. The minimum Gasteiger partial charge on any atom is -0.388 e. The zero-order valence-electron chi connectivity index (χ0n) is 12.9. The van der Waals surface area contributed by atoms with Crippen molar-refractivity contribution in [2.75, 3.05) is 17.3 Å². The molecule has 0 aromatic carbocycles. The molecule has 1 N–H and O–H groups in total. The highest BCUT2D eigenvalue weighted by Gasteiger charge is 2.18. The molecule has 0 aliphatic heterocycles. The average molecular weight is 276 g/mol. The maximum atomic E-state index is 9.96. The fourth-order valence-corrected chi connectivity index (χ4v) is 3.90. The molecule has 0 fully saturated rings. The van der Waals surface area contributed by atoms with Crippen LogP contribution in [0.15, 0.2) is 0 Å². The standard InChI is InChI=1S/C16H35OS/c1-4-7-8-9-10-11-12-13-14-16(17)15-18(5-2)6-3/h16-17H,4-15H2,1-3H3/q+1. The van der Waals surface area contributed by atoms with E-state index < -0.39 is 0 Å². The number of hydrogen-bond acceptors (Lipinski definition) is 1. The Bertz CT molecular complexity index is 157. The molecule has 0 aliphatic rings. The summed E-state index contributed by atoms with van der Waals surface area (Å²) in [6.07, 6.45) is 11.8. The summed E-state index contributed by atoms with van der Waals surface area (Å²) in [6.45, 7) is 6.76. The fourth-order valence-electron chi connectivity index (χ4n) is 2.31. The van der Waals surface area contributed by atoms with Crippen molar-refractivity contribution in [3.8, 4) is 0 Å². The van der Waals surface area contributed by atoms with E-state index in [0.29, 0.717) is 10.9 Å².